The summed E-state index contributed by atoms with van der Waals surface area (Å²) < 4.78 is 4.12. The van der Waals surface area contributed by atoms with Gasteiger partial charge in [0.1, 0.15) is 0 Å². The van der Waals surface area contributed by atoms with Gasteiger partial charge < -0.3 is 24.8 Å². The van der Waals surface area contributed by atoms with Crippen molar-refractivity contribution in [2.24, 2.45) is 0 Å². The third-order valence-electron chi connectivity index (χ3n) is 5.67. The van der Waals surface area contributed by atoms with Gasteiger partial charge in [0.05, 0.1) is 0 Å². The van der Waals surface area contributed by atoms with Gasteiger partial charge >= 0.3 is 193 Å². The van der Waals surface area contributed by atoms with Crippen LogP contribution in [0, 0.1) is 0 Å². The molecule has 0 aromatic heterocycles. The second-order valence-electron chi connectivity index (χ2n) is 7.40. The van der Waals surface area contributed by atoms with Crippen LogP contribution in [0.15, 0.2) is 98.8 Å². The average molecular weight is 606 g/mol. The molecule has 1 unspecified atom stereocenters. The molecule has 0 radical (unpaired) electrons. The molecule has 0 amide bonds. The van der Waals surface area contributed by atoms with Crippen molar-refractivity contribution in [1.82, 2.24) is 0 Å². The SMILES string of the molecule is [Cl-].[Cl-].[S]=[Zr+2]([C]1=CC(c2ccccc2)=CC1)[c]1ccc(Br)c2c1C=CC2c1ccccc1. The van der Waals surface area contributed by atoms with Crippen LogP contribution in [0.2, 0.25) is 0 Å². The number of fused-ring (bicyclic) bond motifs is 1. The van der Waals surface area contributed by atoms with Gasteiger partial charge in [0.25, 0.3) is 0 Å². The zero-order chi connectivity index (χ0) is 19.8. The Balaban J connectivity index is 0.00000136. The van der Waals surface area contributed by atoms with Gasteiger partial charge in [-0.3, -0.25) is 0 Å². The second-order valence-corrected chi connectivity index (χ2v) is 15.2. The van der Waals surface area contributed by atoms with Crippen LogP contribution >= 0.6 is 24.8 Å². The van der Waals surface area contributed by atoms with Crippen LogP contribution in [0.4, 0.5) is 0 Å². The quantitative estimate of drug-likeness (QED) is 0.433. The Bertz CT molecular complexity index is 1200. The maximum absolute atomic E-state index is 6.25. The van der Waals surface area contributed by atoms with Crippen molar-refractivity contribution < 1.29 is 44.5 Å². The van der Waals surface area contributed by atoms with Crippen LogP contribution in [-0.4, -0.2) is 0 Å². The van der Waals surface area contributed by atoms with E-state index in [0.717, 1.165) is 6.42 Å². The van der Waals surface area contributed by atoms with Crippen molar-refractivity contribution in [2.45, 2.75) is 12.3 Å². The van der Waals surface area contributed by atoms with Crippen molar-refractivity contribution >= 4 is 39.7 Å². The predicted octanol–water partition coefficient (Wildman–Crippen LogP) is 1.34. The van der Waals surface area contributed by atoms with Crippen LogP contribution in [0.3, 0.4) is 0 Å². The fourth-order valence-electron chi connectivity index (χ4n) is 4.22. The van der Waals surface area contributed by atoms with E-state index in [4.69, 9.17) is 8.86 Å². The zero-order valence-corrected chi connectivity index (χ0v) is 22.9. The molecule has 0 saturated carbocycles. The first kappa shape index (κ1) is 24.7. The summed E-state index contributed by atoms with van der Waals surface area (Å²) in [5, 5.41) is 0. The molecule has 0 aliphatic heterocycles. The Labute approximate surface area is 215 Å². The fourth-order valence-corrected chi connectivity index (χ4v) is 10.7. The Morgan fingerprint density at radius 2 is 1.55 bits per heavy atom. The normalized spacial score (nSPS) is 15.7. The average Bonchev–Trinajstić information content (AvgIpc) is 3.43. The first-order valence-electron chi connectivity index (χ1n) is 9.79. The zero-order valence-electron chi connectivity index (χ0n) is 16.6. The number of hydrogen-bond donors (Lipinski definition) is 0. The van der Waals surface area contributed by atoms with E-state index in [1.54, 1.807) is 0 Å². The first-order chi connectivity index (χ1) is 14.2. The summed E-state index contributed by atoms with van der Waals surface area (Å²) in [6.07, 6.45) is 10.4. The Kier molecular flexibility index (Phi) is 8.58. The van der Waals surface area contributed by atoms with Gasteiger partial charge in [-0.2, -0.15) is 0 Å². The van der Waals surface area contributed by atoms with E-state index in [1.807, 2.05) is 0 Å². The Morgan fingerprint density at radius 1 is 0.871 bits per heavy atom. The predicted molar refractivity (Wildman–Crippen MR) is 126 cm³/mol. The summed E-state index contributed by atoms with van der Waals surface area (Å²) in [6.45, 7) is 0. The summed E-state index contributed by atoms with van der Waals surface area (Å²) in [4.78, 5) is 0. The topological polar surface area (TPSA) is 0 Å². The molecule has 0 spiro atoms. The third-order valence-corrected chi connectivity index (χ3v) is 13.8. The molecular formula is C26H19BrCl2SZr. The van der Waals surface area contributed by atoms with Gasteiger partial charge in [-0.05, 0) is 0 Å². The van der Waals surface area contributed by atoms with Crippen molar-refractivity contribution in [2.75, 3.05) is 0 Å². The molecular weight excluding hydrogens is 586 g/mol. The molecule has 0 fully saturated rings. The van der Waals surface area contributed by atoms with Gasteiger partial charge in [-0.1, -0.05) is 0 Å². The molecule has 31 heavy (non-hydrogen) atoms. The summed E-state index contributed by atoms with van der Waals surface area (Å²) in [6, 6.07) is 25.9. The molecule has 0 bridgehead atoms. The van der Waals surface area contributed by atoms with Crippen molar-refractivity contribution in [3.63, 3.8) is 0 Å². The van der Waals surface area contributed by atoms with E-state index in [0.29, 0.717) is 5.92 Å². The minimum absolute atomic E-state index is 0. The van der Waals surface area contributed by atoms with Crippen molar-refractivity contribution in [3.05, 3.63) is 121 Å². The molecule has 0 saturated heterocycles. The van der Waals surface area contributed by atoms with E-state index in [2.05, 4.69) is 113 Å². The van der Waals surface area contributed by atoms with E-state index < -0.39 is 19.7 Å². The van der Waals surface area contributed by atoms with Crippen LogP contribution in [0.5, 0.6) is 0 Å². The summed E-state index contributed by atoms with van der Waals surface area (Å²) in [7, 11) is 6.25. The number of rotatable bonds is 4. The monoisotopic (exact) mass is 602 g/mol. The van der Waals surface area contributed by atoms with Gasteiger partial charge in [0.15, 0.2) is 0 Å². The molecule has 2 aliphatic rings. The van der Waals surface area contributed by atoms with Crippen LogP contribution in [0.1, 0.15) is 34.6 Å². The van der Waals surface area contributed by atoms with Crippen molar-refractivity contribution in [3.8, 4) is 0 Å². The summed E-state index contributed by atoms with van der Waals surface area (Å²) >= 11 is 1.50. The van der Waals surface area contributed by atoms with Crippen molar-refractivity contribution in [1.29, 1.82) is 0 Å². The molecule has 1 atom stereocenters. The maximum atomic E-state index is 6.25. The molecule has 0 N–H and O–H groups in total. The number of benzene rings is 3. The van der Waals surface area contributed by atoms with E-state index in [9.17, 15) is 0 Å². The molecule has 3 aromatic carbocycles. The molecule has 0 nitrogen and oxygen atoms in total. The third kappa shape index (κ3) is 4.87. The van der Waals surface area contributed by atoms with Crippen LogP contribution < -0.4 is 28.1 Å². The van der Waals surface area contributed by atoms with Gasteiger partial charge in [-0.15, -0.1) is 0 Å². The van der Waals surface area contributed by atoms with Gasteiger partial charge in [-0.25, -0.2) is 0 Å². The summed E-state index contributed by atoms with van der Waals surface area (Å²) in [5.74, 6) is 0.308. The Hall–Kier alpha value is -0.957. The molecule has 154 valence electrons. The first-order valence-corrected chi connectivity index (χ1v) is 16.5. The van der Waals surface area contributed by atoms with Crippen LogP contribution in [-0.2, 0) is 19.7 Å². The molecule has 0 heterocycles. The molecule has 2 aliphatic carbocycles. The fraction of sp³-hybridized carbons (Fsp3) is 0.0769. The van der Waals surface area contributed by atoms with Gasteiger partial charge in [0, 0.05) is 0 Å². The number of hydrogen-bond acceptors (Lipinski definition) is 1. The van der Waals surface area contributed by atoms with E-state index in [1.165, 1.54) is 38.9 Å². The Morgan fingerprint density at radius 3 is 2.26 bits per heavy atom. The van der Waals surface area contributed by atoms with E-state index >= 15 is 0 Å². The standard InChI is InChI=1S/C15H10Br.C11H9.2ClH.S.Zr/c16-14-8-4-7-12-9-10-13(15(12)14)11-5-2-1-3-6-11;1-2-6-10(7-3-1)11-8-4-5-9-11;;;;/h1-6,8-10,13H;1-3,6-9H,4H2;2*1H;;/q;;;;;+2/p-2. The number of allylic oxidation sites excluding steroid dienone is 5. The number of halogens is 3. The second kappa shape index (κ2) is 10.8. The minimum atomic E-state index is -2.32. The van der Waals surface area contributed by atoms with Crippen LogP contribution in [0.25, 0.3) is 11.6 Å². The molecule has 3 aromatic rings. The molecule has 5 heteroatoms. The summed E-state index contributed by atoms with van der Waals surface area (Å²) in [5.41, 5.74) is 6.70. The molecule has 5 rings (SSSR count). The van der Waals surface area contributed by atoms with E-state index in [-0.39, 0.29) is 24.8 Å². The van der Waals surface area contributed by atoms with Gasteiger partial charge in [0.2, 0.25) is 0 Å².